The van der Waals surface area contributed by atoms with E-state index >= 15 is 0 Å². The van der Waals surface area contributed by atoms with E-state index in [9.17, 15) is 43.2 Å². The summed E-state index contributed by atoms with van der Waals surface area (Å²) in [5, 5.41) is 29.1. The number of hydrogen-bond acceptors (Lipinski definition) is 15. The van der Waals surface area contributed by atoms with Crippen LogP contribution in [-0.2, 0) is 56.7 Å². The molecular formula is C39H46N20O10. The van der Waals surface area contributed by atoms with Crippen LogP contribution in [-0.4, -0.2) is 135 Å². The second-order valence-electron chi connectivity index (χ2n) is 15.0. The first kappa shape index (κ1) is 48.9. The number of imidazole rings is 6. The Labute approximate surface area is 389 Å². The van der Waals surface area contributed by atoms with Gasteiger partial charge in [-0.2, -0.15) is 0 Å². The molecule has 0 unspecified atom stereocenters. The number of carbonyl (C=O) groups excluding carboxylic acids is 8. The first-order valence-electron chi connectivity index (χ1n) is 20.5. The van der Waals surface area contributed by atoms with Gasteiger partial charge in [-0.05, 0) is 0 Å². The molecule has 6 aromatic rings. The summed E-state index contributed by atoms with van der Waals surface area (Å²) in [5.41, 5.74) is 0. The minimum atomic E-state index is -1.08. The number of aryl methyl sites for hydroxylation is 6. The Morgan fingerprint density at radius 1 is 0.406 bits per heavy atom. The number of amides is 8. The molecule has 0 aliphatic rings. The van der Waals surface area contributed by atoms with Crippen LogP contribution in [0.25, 0.3) is 0 Å². The van der Waals surface area contributed by atoms with E-state index in [0.717, 1.165) is 0 Å². The zero-order valence-electron chi connectivity index (χ0n) is 37.8. The van der Waals surface area contributed by atoms with Crippen LogP contribution in [0.15, 0.2) is 43.4 Å². The van der Waals surface area contributed by atoms with Crippen LogP contribution < -0.4 is 42.5 Å². The molecule has 30 nitrogen and oxygen atoms in total. The first-order chi connectivity index (χ1) is 32.8. The van der Waals surface area contributed by atoms with Crippen LogP contribution in [0.2, 0.25) is 0 Å². The van der Waals surface area contributed by atoms with Crippen LogP contribution >= 0.6 is 0 Å². The lowest BCUT2D eigenvalue weighted by Crippen LogP contribution is -2.29. The molecule has 0 aromatic carbocycles. The molecule has 6 heterocycles. The van der Waals surface area contributed by atoms with Crippen LogP contribution in [0.1, 0.15) is 83.0 Å². The summed E-state index contributed by atoms with van der Waals surface area (Å²) in [7, 11) is 9.29. The van der Waals surface area contributed by atoms with Gasteiger partial charge in [-0.15, -0.1) is 0 Å². The molecule has 9 N–H and O–H groups in total. The van der Waals surface area contributed by atoms with Crippen molar-refractivity contribution in [1.82, 2.24) is 73.3 Å². The number of hydrogen-bond donors (Lipinski definition) is 9. The number of aromatic nitrogens is 12. The van der Waals surface area contributed by atoms with Crippen LogP contribution in [0.5, 0.6) is 0 Å². The number of carboxylic acids is 1. The number of carboxylic acid groups (broad SMARTS) is 1. The van der Waals surface area contributed by atoms with Crippen molar-refractivity contribution in [2.75, 3.05) is 46.2 Å². The highest BCUT2D eigenvalue weighted by Crippen LogP contribution is 2.15. The van der Waals surface area contributed by atoms with E-state index in [0.29, 0.717) is 0 Å². The van der Waals surface area contributed by atoms with E-state index in [4.69, 9.17) is 5.11 Å². The lowest BCUT2D eigenvalue weighted by atomic mass is 10.4. The third-order valence-corrected chi connectivity index (χ3v) is 9.58. The van der Waals surface area contributed by atoms with Gasteiger partial charge in [0.05, 0.1) is 6.42 Å². The molecule has 0 saturated carbocycles. The number of aliphatic carboxylic acids is 1. The van der Waals surface area contributed by atoms with Crippen molar-refractivity contribution in [3.05, 3.63) is 78.3 Å². The van der Waals surface area contributed by atoms with Gasteiger partial charge in [0.2, 0.25) is 40.9 Å². The summed E-state index contributed by atoms with van der Waals surface area (Å²) in [5.74, 6) is -5.98. The molecule has 6 aromatic heterocycles. The summed E-state index contributed by atoms with van der Waals surface area (Å²) >= 11 is 0. The zero-order chi connectivity index (χ0) is 50.1. The molecule has 69 heavy (non-hydrogen) atoms. The topological polar surface area (TPSA) is 377 Å². The normalized spacial score (nSPS) is 10.8. The van der Waals surface area contributed by atoms with Crippen molar-refractivity contribution in [3.8, 4) is 0 Å². The summed E-state index contributed by atoms with van der Waals surface area (Å²) in [6, 6.07) is 0. The molecule has 8 amide bonds. The zero-order valence-corrected chi connectivity index (χ0v) is 37.8. The maximum absolute atomic E-state index is 13.1. The molecule has 6 rings (SSSR count). The summed E-state index contributed by atoms with van der Waals surface area (Å²) < 4.78 is 8.35. The Kier molecular flexibility index (Phi) is 15.0. The van der Waals surface area contributed by atoms with E-state index < -0.39 is 53.2 Å². The molecule has 0 bridgehead atoms. The van der Waals surface area contributed by atoms with Gasteiger partial charge in [0, 0.05) is 118 Å². The minimum absolute atomic E-state index is 0.00186. The van der Waals surface area contributed by atoms with Crippen molar-refractivity contribution >= 4 is 82.3 Å². The van der Waals surface area contributed by atoms with Crippen molar-refractivity contribution in [3.63, 3.8) is 0 Å². The number of nitrogens with zero attached hydrogens (tertiary/aromatic N) is 12. The summed E-state index contributed by atoms with van der Waals surface area (Å²) in [4.78, 5) is 137. The molecular weight excluding hydrogens is 909 g/mol. The van der Waals surface area contributed by atoms with Crippen molar-refractivity contribution < 1.29 is 48.3 Å². The van der Waals surface area contributed by atoms with Gasteiger partial charge in [-0.1, -0.05) is 0 Å². The Hall–Kier alpha value is -9.51. The Morgan fingerprint density at radius 3 is 1.00 bits per heavy atom. The fourth-order valence-electron chi connectivity index (χ4n) is 6.30. The van der Waals surface area contributed by atoms with E-state index in [-0.39, 0.29) is 103 Å². The van der Waals surface area contributed by atoms with Gasteiger partial charge in [0.15, 0.2) is 34.9 Å². The Bertz CT molecular complexity index is 2980. The Morgan fingerprint density at radius 2 is 0.696 bits per heavy atom. The number of carbonyl (C=O) groups is 9. The third-order valence-electron chi connectivity index (χ3n) is 9.58. The fourth-order valence-corrected chi connectivity index (χ4v) is 6.30. The largest absolute Gasteiger partial charge is 0.481 e. The predicted molar refractivity (Wildman–Crippen MR) is 239 cm³/mol. The highest BCUT2D eigenvalue weighted by atomic mass is 16.4. The summed E-state index contributed by atoms with van der Waals surface area (Å²) in [6.45, 7) is -0.315. The lowest BCUT2D eigenvalue weighted by Gasteiger charge is -2.05. The fraction of sp³-hybridized carbons (Fsp3) is 0.308. The minimum Gasteiger partial charge on any atom is -0.481 e. The average Bonchev–Trinajstić information content (AvgIpc) is 4.14. The number of anilines is 5. The molecule has 0 radical (unpaired) electrons. The van der Waals surface area contributed by atoms with Crippen molar-refractivity contribution in [2.45, 2.75) is 19.3 Å². The molecule has 0 spiro atoms. The van der Waals surface area contributed by atoms with Gasteiger partial charge < -0.3 is 75.0 Å². The highest BCUT2D eigenvalue weighted by Gasteiger charge is 2.23. The van der Waals surface area contributed by atoms with Crippen LogP contribution in [0.4, 0.5) is 29.1 Å². The van der Waals surface area contributed by atoms with Crippen LogP contribution in [0, 0.1) is 0 Å². The molecule has 0 aliphatic heterocycles. The van der Waals surface area contributed by atoms with Gasteiger partial charge >= 0.3 is 5.97 Å². The van der Waals surface area contributed by atoms with E-state index in [2.05, 4.69) is 72.4 Å². The van der Waals surface area contributed by atoms with Gasteiger partial charge in [0.1, 0.15) is 0 Å². The molecule has 362 valence electrons. The standard InChI is InChI=1S/C39H46N20O10/c1-54-14-13-40-28(54)37(67)51-22-17-55(2)29(48-22)34(64)41-10-7-25(60)44-20-15-58(5)32(46-20)38(68)52-23-18-56(3)30(49-23)35(65)42-11-8-26(61)45-21-16-59(6)33(47-21)39(69)53-24-19-57(4)31(50-24)36(66)43-12-9-27(62)63/h13-19H,7-12H2,1-6H3,(H,41,64)(H,42,65)(H,43,66)(H,44,60)(H,45,61)(H,51,67)(H,52,68)(H,53,69)(H,62,63). The van der Waals surface area contributed by atoms with Crippen LogP contribution in [0.3, 0.4) is 0 Å². The predicted octanol–water partition coefficient (Wildman–Crippen LogP) is -1.43. The SMILES string of the molecule is Cn1cc(NC(=O)c2nccn2C)nc1C(=O)NCCC(=O)Nc1cn(C)c(C(=O)Nc2cn(C)c(C(=O)NCCC(=O)Nc3cn(C)c(C(=O)Nc4cn(C)c(C(=O)NCCC(=O)O)n4)n3)n2)n1. The lowest BCUT2D eigenvalue weighted by molar-refractivity contribution is -0.136. The Balaban J connectivity index is 0.916. The summed E-state index contributed by atoms with van der Waals surface area (Å²) in [6.07, 6.45) is 9.44. The third kappa shape index (κ3) is 12.4. The molecule has 0 fully saturated rings. The smallest absolute Gasteiger partial charge is 0.305 e. The second kappa shape index (κ2) is 21.2. The average molecular weight is 955 g/mol. The van der Waals surface area contributed by atoms with E-state index in [1.807, 2.05) is 0 Å². The van der Waals surface area contributed by atoms with Crippen molar-refractivity contribution in [2.24, 2.45) is 42.3 Å². The molecule has 0 aliphatic carbocycles. The van der Waals surface area contributed by atoms with Gasteiger partial charge in [-0.3, -0.25) is 43.2 Å². The molecule has 0 atom stereocenters. The van der Waals surface area contributed by atoms with Crippen molar-refractivity contribution in [1.29, 1.82) is 0 Å². The maximum atomic E-state index is 13.1. The van der Waals surface area contributed by atoms with Gasteiger partial charge in [0.25, 0.3) is 35.4 Å². The molecule has 30 heteroatoms. The number of rotatable bonds is 20. The maximum Gasteiger partial charge on any atom is 0.305 e. The monoisotopic (exact) mass is 954 g/mol. The first-order valence-corrected chi connectivity index (χ1v) is 20.5. The van der Waals surface area contributed by atoms with Gasteiger partial charge in [-0.25, -0.2) is 29.9 Å². The highest BCUT2D eigenvalue weighted by molar-refractivity contribution is 6.04. The second-order valence-corrected chi connectivity index (χ2v) is 15.0. The van der Waals surface area contributed by atoms with E-state index in [1.165, 1.54) is 92.8 Å². The number of nitrogens with one attached hydrogen (secondary N) is 8. The molecule has 0 saturated heterocycles. The van der Waals surface area contributed by atoms with E-state index in [1.54, 1.807) is 20.3 Å². The quantitative estimate of drug-likeness (QED) is 0.0423.